The van der Waals surface area contributed by atoms with Crippen LogP contribution >= 0.6 is 0 Å². The summed E-state index contributed by atoms with van der Waals surface area (Å²) in [5, 5.41) is 8.02. The van der Waals surface area contributed by atoms with Crippen molar-refractivity contribution in [2.45, 2.75) is 44.1 Å². The molecule has 0 bridgehead atoms. The Morgan fingerprint density at radius 3 is 2.24 bits per heavy atom. The molecule has 0 amide bonds. The summed E-state index contributed by atoms with van der Waals surface area (Å²) in [4.78, 5) is 14.5. The van der Waals surface area contributed by atoms with Crippen LogP contribution in [0, 0.1) is 0 Å². The summed E-state index contributed by atoms with van der Waals surface area (Å²) in [6.07, 6.45) is 1.25. The molecule has 1 aromatic rings. The monoisotopic (exact) mass is 260 g/mol. The van der Waals surface area contributed by atoms with Crippen LogP contribution in [0.25, 0.3) is 0 Å². The lowest BCUT2D eigenvalue weighted by molar-refractivity contribution is 0.0690. The predicted octanol–water partition coefficient (Wildman–Crippen LogP) is 1.34. The molecule has 1 aromatic heterocycles. The van der Waals surface area contributed by atoms with Crippen molar-refractivity contribution < 1.29 is 18.3 Å². The average molecular weight is 260 g/mol. The molecule has 0 saturated heterocycles. The van der Waals surface area contributed by atoms with E-state index in [2.05, 4.69) is 4.98 Å². The van der Waals surface area contributed by atoms with Gasteiger partial charge in [0, 0.05) is 12.2 Å². The third-order valence-corrected chi connectivity index (χ3v) is 4.40. The zero-order valence-corrected chi connectivity index (χ0v) is 11.0. The maximum atomic E-state index is 12.0. The van der Waals surface area contributed by atoms with E-state index in [0.29, 0.717) is 0 Å². The number of imidazole rings is 1. The summed E-state index contributed by atoms with van der Waals surface area (Å²) in [6.45, 7) is 6.61. The molecular formula is C10H16N2O4S. The Bertz CT molecular complexity index is 529. The number of rotatable bonds is 4. The van der Waals surface area contributed by atoms with Gasteiger partial charge in [0.05, 0.1) is 5.25 Å². The number of aromatic nitrogens is 2. The lowest BCUT2D eigenvalue weighted by atomic mass is 10.4. The lowest BCUT2D eigenvalue weighted by Gasteiger charge is -2.12. The number of sulfone groups is 1. The van der Waals surface area contributed by atoms with Crippen molar-refractivity contribution in [1.29, 1.82) is 0 Å². The smallest absolute Gasteiger partial charge is 0.356 e. The number of aromatic carboxylic acids is 1. The van der Waals surface area contributed by atoms with Crippen LogP contribution in [0.1, 0.15) is 44.2 Å². The quantitative estimate of drug-likeness (QED) is 0.882. The first-order chi connectivity index (χ1) is 7.67. The number of hydrogen-bond acceptors (Lipinski definition) is 4. The van der Waals surface area contributed by atoms with Crippen molar-refractivity contribution >= 4 is 15.8 Å². The highest BCUT2D eigenvalue weighted by atomic mass is 32.2. The van der Waals surface area contributed by atoms with Crippen LogP contribution in [0.5, 0.6) is 0 Å². The van der Waals surface area contributed by atoms with Gasteiger partial charge < -0.3 is 9.67 Å². The van der Waals surface area contributed by atoms with Gasteiger partial charge in [-0.05, 0) is 27.7 Å². The van der Waals surface area contributed by atoms with Crippen molar-refractivity contribution in [3.05, 3.63) is 11.9 Å². The van der Waals surface area contributed by atoms with Crippen molar-refractivity contribution in [3.8, 4) is 0 Å². The molecule has 7 heteroatoms. The summed E-state index contributed by atoms with van der Waals surface area (Å²) < 4.78 is 25.4. The minimum absolute atomic E-state index is 0.167. The Kier molecular flexibility index (Phi) is 3.61. The van der Waals surface area contributed by atoms with Crippen LogP contribution in [-0.4, -0.2) is 34.3 Å². The first-order valence-corrected chi connectivity index (χ1v) is 6.78. The Balaban J connectivity index is 3.47. The molecular weight excluding hydrogens is 244 g/mol. The zero-order valence-electron chi connectivity index (χ0n) is 10.2. The van der Waals surface area contributed by atoms with Crippen LogP contribution in [0.15, 0.2) is 11.4 Å². The molecule has 96 valence electrons. The van der Waals surface area contributed by atoms with E-state index in [0.717, 1.165) is 0 Å². The molecule has 6 nitrogen and oxygen atoms in total. The van der Waals surface area contributed by atoms with Crippen molar-refractivity contribution in [2.24, 2.45) is 0 Å². The number of nitrogens with zero attached hydrogens (tertiary/aromatic N) is 2. The molecule has 0 spiro atoms. The fourth-order valence-electron chi connectivity index (χ4n) is 1.27. The van der Waals surface area contributed by atoms with Crippen LogP contribution in [-0.2, 0) is 9.84 Å². The molecule has 1 N–H and O–H groups in total. The Morgan fingerprint density at radius 2 is 1.88 bits per heavy atom. The van der Waals surface area contributed by atoms with Gasteiger partial charge in [-0.3, -0.25) is 0 Å². The van der Waals surface area contributed by atoms with E-state index in [1.54, 1.807) is 13.8 Å². The molecule has 0 saturated carbocycles. The van der Waals surface area contributed by atoms with Gasteiger partial charge in [0.15, 0.2) is 5.69 Å². The van der Waals surface area contributed by atoms with Gasteiger partial charge in [0.25, 0.3) is 0 Å². The van der Waals surface area contributed by atoms with E-state index in [4.69, 9.17) is 5.11 Å². The molecule has 0 aromatic carbocycles. The second-order valence-corrected chi connectivity index (χ2v) is 6.71. The molecule has 0 atom stereocenters. The Labute approximate surface area is 100 Å². The maximum Gasteiger partial charge on any atom is 0.356 e. The van der Waals surface area contributed by atoms with Gasteiger partial charge in [0.2, 0.25) is 15.0 Å². The topological polar surface area (TPSA) is 89.3 Å². The molecule has 0 aliphatic rings. The SMILES string of the molecule is CC(C)n1cc(C(=O)O)nc1S(=O)(=O)C(C)C. The van der Waals surface area contributed by atoms with E-state index in [-0.39, 0.29) is 16.9 Å². The van der Waals surface area contributed by atoms with E-state index in [9.17, 15) is 13.2 Å². The first kappa shape index (κ1) is 13.7. The van der Waals surface area contributed by atoms with Gasteiger partial charge >= 0.3 is 5.97 Å². The average Bonchev–Trinajstić information content (AvgIpc) is 2.61. The highest BCUT2D eigenvalue weighted by Crippen LogP contribution is 2.20. The predicted molar refractivity (Wildman–Crippen MR) is 61.9 cm³/mol. The molecule has 0 radical (unpaired) electrons. The third kappa shape index (κ3) is 2.49. The van der Waals surface area contributed by atoms with Gasteiger partial charge in [-0.25, -0.2) is 18.2 Å². The van der Waals surface area contributed by atoms with E-state index in [1.165, 1.54) is 24.6 Å². The highest BCUT2D eigenvalue weighted by Gasteiger charge is 2.28. The van der Waals surface area contributed by atoms with Crippen LogP contribution in [0.2, 0.25) is 0 Å². The molecule has 17 heavy (non-hydrogen) atoms. The molecule has 0 fully saturated rings. The first-order valence-electron chi connectivity index (χ1n) is 5.24. The fraction of sp³-hybridized carbons (Fsp3) is 0.600. The number of carbonyl (C=O) groups is 1. The van der Waals surface area contributed by atoms with E-state index >= 15 is 0 Å². The maximum absolute atomic E-state index is 12.0. The largest absolute Gasteiger partial charge is 0.476 e. The zero-order chi connectivity index (χ0) is 13.4. The second-order valence-electron chi connectivity index (χ2n) is 4.31. The highest BCUT2D eigenvalue weighted by molar-refractivity contribution is 7.91. The Hall–Kier alpha value is -1.37. The van der Waals surface area contributed by atoms with E-state index < -0.39 is 21.1 Å². The summed E-state index contributed by atoms with van der Waals surface area (Å²) >= 11 is 0. The molecule has 0 unspecified atom stereocenters. The summed E-state index contributed by atoms with van der Waals surface area (Å²) in [7, 11) is -3.58. The summed E-state index contributed by atoms with van der Waals surface area (Å²) in [5.41, 5.74) is -0.252. The standard InChI is InChI=1S/C10H16N2O4S/c1-6(2)12-5-8(9(13)14)11-10(12)17(15,16)7(3)4/h5-7H,1-4H3,(H,13,14). The summed E-state index contributed by atoms with van der Waals surface area (Å²) in [5.74, 6) is -1.23. The molecule has 1 rings (SSSR count). The van der Waals surface area contributed by atoms with Gasteiger partial charge in [-0.1, -0.05) is 0 Å². The molecule has 1 heterocycles. The van der Waals surface area contributed by atoms with Gasteiger partial charge in [-0.2, -0.15) is 0 Å². The number of hydrogen-bond donors (Lipinski definition) is 1. The number of carboxylic acid groups (broad SMARTS) is 1. The lowest BCUT2D eigenvalue weighted by Crippen LogP contribution is -2.20. The van der Waals surface area contributed by atoms with Gasteiger partial charge in [-0.15, -0.1) is 0 Å². The van der Waals surface area contributed by atoms with E-state index in [1.807, 2.05) is 0 Å². The van der Waals surface area contributed by atoms with Gasteiger partial charge in [0.1, 0.15) is 0 Å². The van der Waals surface area contributed by atoms with Crippen LogP contribution in [0.4, 0.5) is 0 Å². The van der Waals surface area contributed by atoms with Crippen molar-refractivity contribution in [1.82, 2.24) is 9.55 Å². The second kappa shape index (κ2) is 4.48. The fourth-order valence-corrected chi connectivity index (χ4v) is 2.48. The molecule has 0 aliphatic carbocycles. The summed E-state index contributed by atoms with van der Waals surface area (Å²) in [6, 6.07) is -0.167. The van der Waals surface area contributed by atoms with Crippen LogP contribution in [0.3, 0.4) is 0 Å². The minimum Gasteiger partial charge on any atom is -0.476 e. The molecule has 0 aliphatic heterocycles. The third-order valence-electron chi connectivity index (χ3n) is 2.35. The minimum atomic E-state index is -3.58. The Morgan fingerprint density at radius 1 is 1.35 bits per heavy atom. The van der Waals surface area contributed by atoms with Crippen molar-refractivity contribution in [2.75, 3.05) is 0 Å². The normalized spacial score (nSPS) is 12.4. The van der Waals surface area contributed by atoms with Crippen molar-refractivity contribution in [3.63, 3.8) is 0 Å². The van der Waals surface area contributed by atoms with Crippen LogP contribution < -0.4 is 0 Å². The number of carboxylic acids is 1.